The van der Waals surface area contributed by atoms with E-state index in [0.29, 0.717) is 17.9 Å². The molecule has 2 aliphatic heterocycles. The van der Waals surface area contributed by atoms with Gasteiger partial charge in [0.25, 0.3) is 0 Å². The van der Waals surface area contributed by atoms with Gasteiger partial charge in [0.15, 0.2) is 0 Å². The molecule has 2 fully saturated rings. The third-order valence-electron chi connectivity index (χ3n) is 5.26. The third-order valence-corrected chi connectivity index (χ3v) is 5.26. The van der Waals surface area contributed by atoms with Crippen LogP contribution in [0.1, 0.15) is 26.2 Å². The van der Waals surface area contributed by atoms with Crippen molar-refractivity contribution < 1.29 is 37.3 Å². The van der Waals surface area contributed by atoms with Crippen LogP contribution in [0.3, 0.4) is 0 Å². The first-order chi connectivity index (χ1) is 13.0. The average molecular weight is 412 g/mol. The zero-order valence-corrected chi connectivity index (χ0v) is 16.8. The topological polar surface area (TPSA) is 79.3 Å². The number of nitrogens with zero attached hydrogens (tertiary/aromatic N) is 2. The zero-order chi connectivity index (χ0) is 21.4. The summed E-state index contributed by atoms with van der Waals surface area (Å²) in [7, 11) is 3.89. The molecule has 1 amide bonds. The Morgan fingerprint density at radius 2 is 1.82 bits per heavy atom. The highest BCUT2D eigenvalue weighted by molar-refractivity contribution is 5.78. The molecule has 2 rings (SSSR count). The van der Waals surface area contributed by atoms with Crippen LogP contribution in [0.4, 0.5) is 13.2 Å². The molecular weight excluding hydrogens is 381 g/mol. The Bertz CT molecular complexity index is 506. The molecule has 0 radical (unpaired) electrons. The number of likely N-dealkylation sites (N-methyl/N-ethyl adjacent to an activating group) is 1. The van der Waals surface area contributed by atoms with Crippen molar-refractivity contribution in [2.75, 3.05) is 60.2 Å². The van der Waals surface area contributed by atoms with E-state index in [4.69, 9.17) is 19.4 Å². The zero-order valence-electron chi connectivity index (χ0n) is 16.8. The minimum absolute atomic E-state index is 0.253. The number of ether oxygens (including phenoxy) is 2. The lowest BCUT2D eigenvalue weighted by Crippen LogP contribution is -2.51. The Morgan fingerprint density at radius 1 is 1.25 bits per heavy atom. The predicted octanol–water partition coefficient (Wildman–Crippen LogP) is 1.86. The van der Waals surface area contributed by atoms with Crippen LogP contribution in [0.2, 0.25) is 0 Å². The summed E-state index contributed by atoms with van der Waals surface area (Å²) in [4.78, 5) is 25.0. The lowest BCUT2D eigenvalue weighted by Gasteiger charge is -2.49. The number of hydrogen-bond donors (Lipinski definition) is 1. The van der Waals surface area contributed by atoms with Gasteiger partial charge < -0.3 is 24.4 Å². The quantitative estimate of drug-likeness (QED) is 0.743. The van der Waals surface area contributed by atoms with Crippen LogP contribution in [0, 0.1) is 11.3 Å². The molecule has 1 atom stereocenters. The first-order valence-corrected chi connectivity index (χ1v) is 9.40. The van der Waals surface area contributed by atoms with E-state index in [2.05, 4.69) is 0 Å². The number of carboxylic acids is 1. The van der Waals surface area contributed by atoms with Gasteiger partial charge in [-0.3, -0.25) is 4.79 Å². The number of carbonyl (C=O) groups is 2. The second-order valence-electron chi connectivity index (χ2n) is 7.47. The van der Waals surface area contributed by atoms with Crippen molar-refractivity contribution in [1.82, 2.24) is 9.80 Å². The molecule has 0 bridgehead atoms. The number of alkyl halides is 3. The van der Waals surface area contributed by atoms with Gasteiger partial charge in [-0.05, 0) is 45.7 Å². The second kappa shape index (κ2) is 11.0. The standard InChI is InChI=1S/C16H30N2O3.C2HF3O2/c1-4-20-12-14-13-21-10-7-16(14)5-8-18(9-6-16)15(19)11-17(2)3;3-2(4,5)1(6)7/h14H,4-13H2,1-3H3;(H,6,7). The largest absolute Gasteiger partial charge is 0.490 e. The Labute approximate surface area is 163 Å². The monoisotopic (exact) mass is 412 g/mol. The van der Waals surface area contributed by atoms with Gasteiger partial charge in [-0.25, -0.2) is 4.79 Å². The van der Waals surface area contributed by atoms with Gasteiger partial charge in [0.2, 0.25) is 5.91 Å². The summed E-state index contributed by atoms with van der Waals surface area (Å²) in [6, 6.07) is 0. The van der Waals surface area contributed by atoms with Crippen molar-refractivity contribution in [3.05, 3.63) is 0 Å². The maximum absolute atomic E-state index is 12.2. The minimum atomic E-state index is -5.08. The maximum atomic E-state index is 12.2. The lowest BCUT2D eigenvalue weighted by atomic mass is 9.66. The lowest BCUT2D eigenvalue weighted by molar-refractivity contribution is -0.192. The third kappa shape index (κ3) is 7.56. The minimum Gasteiger partial charge on any atom is -0.475 e. The number of carbonyl (C=O) groups excluding carboxylic acids is 1. The first kappa shape index (κ1) is 24.6. The van der Waals surface area contributed by atoms with Gasteiger partial charge in [0, 0.05) is 32.2 Å². The van der Waals surface area contributed by atoms with E-state index in [1.807, 2.05) is 30.8 Å². The van der Waals surface area contributed by atoms with Crippen molar-refractivity contribution in [2.24, 2.45) is 11.3 Å². The molecule has 1 unspecified atom stereocenters. The van der Waals surface area contributed by atoms with Crippen molar-refractivity contribution in [3.8, 4) is 0 Å². The average Bonchev–Trinajstić information content (AvgIpc) is 2.61. The predicted molar refractivity (Wildman–Crippen MR) is 95.9 cm³/mol. The highest BCUT2D eigenvalue weighted by Gasteiger charge is 2.44. The van der Waals surface area contributed by atoms with Gasteiger partial charge in [0.05, 0.1) is 19.8 Å². The number of hydrogen-bond acceptors (Lipinski definition) is 5. The molecule has 10 heteroatoms. The first-order valence-electron chi connectivity index (χ1n) is 9.40. The molecule has 0 aliphatic carbocycles. The molecule has 2 aliphatic rings. The molecule has 0 aromatic carbocycles. The number of rotatable bonds is 5. The summed E-state index contributed by atoms with van der Waals surface area (Å²) in [5.41, 5.74) is 0.322. The fraction of sp³-hybridized carbons (Fsp3) is 0.889. The Kier molecular flexibility index (Phi) is 9.65. The van der Waals surface area contributed by atoms with Crippen LogP contribution in [0.5, 0.6) is 0 Å². The SMILES string of the molecule is CCOCC1COCCC12CCN(C(=O)CN(C)C)CC2.O=C(O)C(F)(F)F. The summed E-state index contributed by atoms with van der Waals surface area (Å²) in [6.07, 6.45) is -1.79. The smallest absolute Gasteiger partial charge is 0.475 e. The Hall–Kier alpha value is -1.39. The van der Waals surface area contributed by atoms with E-state index in [0.717, 1.165) is 58.8 Å². The van der Waals surface area contributed by atoms with Crippen LogP contribution >= 0.6 is 0 Å². The summed E-state index contributed by atoms with van der Waals surface area (Å²) in [5, 5.41) is 7.12. The Morgan fingerprint density at radius 3 is 2.29 bits per heavy atom. The van der Waals surface area contributed by atoms with Crippen LogP contribution in [-0.4, -0.2) is 93.1 Å². The van der Waals surface area contributed by atoms with Gasteiger partial charge in [-0.15, -0.1) is 0 Å². The van der Waals surface area contributed by atoms with E-state index in [1.165, 1.54) is 0 Å². The molecule has 1 spiro atoms. The number of amides is 1. The summed E-state index contributed by atoms with van der Waals surface area (Å²) < 4.78 is 43.1. The van der Waals surface area contributed by atoms with E-state index >= 15 is 0 Å². The van der Waals surface area contributed by atoms with Crippen molar-refractivity contribution >= 4 is 11.9 Å². The summed E-state index contributed by atoms with van der Waals surface area (Å²) in [5.74, 6) is -2.02. The van der Waals surface area contributed by atoms with Crippen molar-refractivity contribution in [2.45, 2.75) is 32.4 Å². The molecule has 1 N–H and O–H groups in total. The van der Waals surface area contributed by atoms with Crippen molar-refractivity contribution in [3.63, 3.8) is 0 Å². The second-order valence-corrected chi connectivity index (χ2v) is 7.47. The maximum Gasteiger partial charge on any atom is 0.490 e. The highest BCUT2D eigenvalue weighted by Crippen LogP contribution is 2.44. The van der Waals surface area contributed by atoms with E-state index in [9.17, 15) is 18.0 Å². The Balaban J connectivity index is 0.000000480. The number of piperidine rings is 1. The number of aliphatic carboxylic acids is 1. The van der Waals surface area contributed by atoms with Crippen molar-refractivity contribution in [1.29, 1.82) is 0 Å². The number of carboxylic acid groups (broad SMARTS) is 1. The molecular formula is C18H31F3N2O5. The van der Waals surface area contributed by atoms with Crippen LogP contribution in [-0.2, 0) is 19.1 Å². The molecule has 2 heterocycles. The fourth-order valence-corrected chi connectivity index (χ4v) is 3.60. The molecule has 2 saturated heterocycles. The van der Waals surface area contributed by atoms with Crippen LogP contribution < -0.4 is 0 Å². The summed E-state index contributed by atoms with van der Waals surface area (Å²) >= 11 is 0. The molecule has 28 heavy (non-hydrogen) atoms. The van der Waals surface area contributed by atoms with Gasteiger partial charge in [0.1, 0.15) is 0 Å². The number of likely N-dealkylation sites (tertiary alicyclic amines) is 1. The molecule has 0 aromatic heterocycles. The molecule has 164 valence electrons. The molecule has 7 nitrogen and oxygen atoms in total. The molecule has 0 aromatic rings. The van der Waals surface area contributed by atoms with E-state index < -0.39 is 12.1 Å². The van der Waals surface area contributed by atoms with E-state index in [-0.39, 0.29) is 5.91 Å². The van der Waals surface area contributed by atoms with Gasteiger partial charge in [-0.2, -0.15) is 13.2 Å². The van der Waals surface area contributed by atoms with E-state index in [1.54, 1.807) is 0 Å². The number of halogens is 3. The highest BCUT2D eigenvalue weighted by atomic mass is 19.4. The van der Waals surface area contributed by atoms with Gasteiger partial charge >= 0.3 is 12.1 Å². The normalized spacial score (nSPS) is 22.0. The summed E-state index contributed by atoms with van der Waals surface area (Å²) in [6.45, 7) is 7.55. The van der Waals surface area contributed by atoms with Crippen LogP contribution in [0.15, 0.2) is 0 Å². The fourth-order valence-electron chi connectivity index (χ4n) is 3.60. The molecule has 0 saturated carbocycles. The van der Waals surface area contributed by atoms with Gasteiger partial charge in [-0.1, -0.05) is 0 Å². The van der Waals surface area contributed by atoms with Crippen LogP contribution in [0.25, 0.3) is 0 Å².